The van der Waals surface area contributed by atoms with Crippen LogP contribution in [0.25, 0.3) is 0 Å². The molecular weight excluding hydrogens is 433 g/mol. The van der Waals surface area contributed by atoms with Gasteiger partial charge in [-0.2, -0.15) is 0 Å². The molecule has 2 aromatic carbocycles. The highest BCUT2D eigenvalue weighted by atomic mass is 79.9. The minimum Gasteiger partial charge on any atom is -0.336 e. The number of benzene rings is 2. The lowest BCUT2D eigenvalue weighted by atomic mass is 10.1. The van der Waals surface area contributed by atoms with E-state index in [1.807, 2.05) is 25.1 Å². The molecule has 0 spiro atoms. The van der Waals surface area contributed by atoms with Gasteiger partial charge in [-0.25, -0.2) is 9.07 Å². The van der Waals surface area contributed by atoms with E-state index in [4.69, 9.17) is 5.84 Å². The number of halogens is 2. The van der Waals surface area contributed by atoms with Gasteiger partial charge in [-0.3, -0.25) is 4.79 Å². The van der Waals surface area contributed by atoms with Gasteiger partial charge < -0.3 is 11.2 Å². The van der Waals surface area contributed by atoms with E-state index in [0.717, 1.165) is 15.7 Å². The van der Waals surface area contributed by atoms with E-state index in [9.17, 15) is 9.18 Å². The maximum Gasteiger partial charge on any atom is 0.234 e. The Labute approximate surface area is 168 Å². The van der Waals surface area contributed by atoms with Gasteiger partial charge >= 0.3 is 0 Å². The number of nitrogens with two attached hydrogens (primary N) is 1. The van der Waals surface area contributed by atoms with Crippen molar-refractivity contribution in [2.24, 2.45) is 0 Å². The highest BCUT2D eigenvalue weighted by Crippen LogP contribution is 2.21. The van der Waals surface area contributed by atoms with Gasteiger partial charge in [0.1, 0.15) is 5.82 Å². The summed E-state index contributed by atoms with van der Waals surface area (Å²) in [5.74, 6) is 6.04. The van der Waals surface area contributed by atoms with Gasteiger partial charge in [-0.15, -0.1) is 10.2 Å². The van der Waals surface area contributed by atoms with Crippen LogP contribution in [-0.4, -0.2) is 26.5 Å². The molecule has 1 aromatic heterocycles. The van der Waals surface area contributed by atoms with Crippen LogP contribution in [0.2, 0.25) is 0 Å². The third-order valence-electron chi connectivity index (χ3n) is 3.82. The van der Waals surface area contributed by atoms with Crippen molar-refractivity contribution < 1.29 is 9.18 Å². The molecular formula is C18H17BrFN5OS. The molecule has 1 heterocycles. The number of aryl methyl sites for hydroxylation is 1. The molecule has 0 saturated heterocycles. The van der Waals surface area contributed by atoms with Gasteiger partial charge in [0.2, 0.25) is 11.1 Å². The van der Waals surface area contributed by atoms with E-state index >= 15 is 0 Å². The van der Waals surface area contributed by atoms with Crippen molar-refractivity contribution in [1.29, 1.82) is 0 Å². The summed E-state index contributed by atoms with van der Waals surface area (Å²) >= 11 is 4.59. The average molecular weight is 450 g/mol. The van der Waals surface area contributed by atoms with Crippen LogP contribution >= 0.6 is 27.7 Å². The topological polar surface area (TPSA) is 85.8 Å². The molecule has 1 amide bonds. The van der Waals surface area contributed by atoms with Gasteiger partial charge in [0.05, 0.1) is 5.75 Å². The molecule has 27 heavy (non-hydrogen) atoms. The lowest BCUT2D eigenvalue weighted by Gasteiger charge is -2.07. The Morgan fingerprint density at radius 2 is 2.07 bits per heavy atom. The fourth-order valence-corrected chi connectivity index (χ4v) is 3.31. The zero-order valence-electron chi connectivity index (χ0n) is 14.4. The summed E-state index contributed by atoms with van der Waals surface area (Å²) < 4.78 is 16.0. The van der Waals surface area contributed by atoms with Crippen LogP contribution in [0.1, 0.15) is 17.0 Å². The number of hydrogen-bond acceptors (Lipinski definition) is 5. The van der Waals surface area contributed by atoms with Crippen molar-refractivity contribution in [3.05, 3.63) is 69.7 Å². The largest absolute Gasteiger partial charge is 0.336 e. The quantitative estimate of drug-likeness (QED) is 0.444. The molecule has 140 valence electrons. The Balaban J connectivity index is 1.60. The minimum absolute atomic E-state index is 0.129. The number of nitrogens with zero attached hydrogens (tertiary/aromatic N) is 3. The summed E-state index contributed by atoms with van der Waals surface area (Å²) in [6.45, 7) is 1.95. The van der Waals surface area contributed by atoms with Crippen LogP contribution < -0.4 is 11.2 Å². The van der Waals surface area contributed by atoms with Crippen molar-refractivity contribution >= 4 is 39.3 Å². The number of carbonyl (C=O) groups is 1. The first-order chi connectivity index (χ1) is 12.9. The van der Waals surface area contributed by atoms with Crippen LogP contribution in [-0.2, 0) is 11.2 Å². The summed E-state index contributed by atoms with van der Waals surface area (Å²) in [7, 11) is 0. The number of amides is 1. The van der Waals surface area contributed by atoms with Crippen molar-refractivity contribution in [3.8, 4) is 0 Å². The molecule has 3 N–H and O–H groups in total. The maximum atomic E-state index is 13.8. The summed E-state index contributed by atoms with van der Waals surface area (Å²) in [6, 6.07) is 12.0. The molecule has 6 nitrogen and oxygen atoms in total. The van der Waals surface area contributed by atoms with E-state index in [-0.39, 0.29) is 23.9 Å². The smallest absolute Gasteiger partial charge is 0.234 e. The van der Waals surface area contributed by atoms with E-state index < -0.39 is 0 Å². The molecule has 0 aliphatic heterocycles. The number of hydrogen-bond donors (Lipinski definition) is 2. The summed E-state index contributed by atoms with van der Waals surface area (Å²) in [4.78, 5) is 12.1. The van der Waals surface area contributed by atoms with E-state index in [1.165, 1.54) is 22.5 Å². The lowest BCUT2D eigenvalue weighted by molar-refractivity contribution is -0.113. The fraction of sp³-hybridized carbons (Fsp3) is 0.167. The van der Waals surface area contributed by atoms with Crippen LogP contribution in [0, 0.1) is 12.7 Å². The van der Waals surface area contributed by atoms with E-state index in [1.54, 1.807) is 18.2 Å². The van der Waals surface area contributed by atoms with Gasteiger partial charge in [0.15, 0.2) is 5.82 Å². The zero-order valence-corrected chi connectivity index (χ0v) is 16.8. The molecule has 9 heteroatoms. The molecule has 0 fully saturated rings. The first-order valence-electron chi connectivity index (χ1n) is 8.05. The van der Waals surface area contributed by atoms with Gasteiger partial charge in [0, 0.05) is 16.6 Å². The third kappa shape index (κ3) is 4.86. The van der Waals surface area contributed by atoms with Crippen molar-refractivity contribution in [2.75, 3.05) is 16.9 Å². The lowest BCUT2D eigenvalue weighted by Crippen LogP contribution is -2.17. The third-order valence-corrected chi connectivity index (χ3v) is 5.65. The summed E-state index contributed by atoms with van der Waals surface area (Å²) in [5, 5.41) is 11.2. The molecule has 3 aromatic rings. The molecule has 3 rings (SSSR count). The Hall–Kier alpha value is -2.39. The number of aromatic nitrogens is 3. The summed E-state index contributed by atoms with van der Waals surface area (Å²) in [5.41, 5.74) is 2.23. The number of nitrogen functional groups attached to an aromatic ring is 1. The standard InChI is InChI=1S/C18H17BrFN5OS/c1-11-8-13(6-7-14(11)19)22-17(26)10-27-18-24-23-16(25(18)21)9-12-4-2-3-5-15(12)20/h2-8H,9-10,21H2,1H3,(H,22,26). The van der Waals surface area contributed by atoms with E-state index in [0.29, 0.717) is 16.5 Å². The van der Waals surface area contributed by atoms with Crippen LogP contribution in [0.3, 0.4) is 0 Å². The fourth-order valence-electron chi connectivity index (χ4n) is 2.39. The van der Waals surface area contributed by atoms with Crippen molar-refractivity contribution in [1.82, 2.24) is 14.9 Å². The molecule has 0 saturated carbocycles. The SMILES string of the molecule is Cc1cc(NC(=O)CSc2nnc(Cc3ccccc3F)n2N)ccc1Br. The second kappa shape index (κ2) is 8.53. The monoisotopic (exact) mass is 449 g/mol. The molecule has 0 atom stereocenters. The maximum absolute atomic E-state index is 13.8. The van der Waals surface area contributed by atoms with Gasteiger partial charge in [-0.1, -0.05) is 45.9 Å². The molecule has 0 aliphatic carbocycles. The van der Waals surface area contributed by atoms with Gasteiger partial charge in [0.25, 0.3) is 0 Å². The minimum atomic E-state index is -0.320. The second-order valence-electron chi connectivity index (χ2n) is 5.84. The first kappa shape index (κ1) is 19.4. The predicted octanol–water partition coefficient (Wildman–Crippen LogP) is 3.52. The number of thioether (sulfide) groups is 1. The van der Waals surface area contributed by atoms with E-state index in [2.05, 4.69) is 31.4 Å². The zero-order chi connectivity index (χ0) is 19.4. The van der Waals surface area contributed by atoms with Crippen LogP contribution in [0.4, 0.5) is 10.1 Å². The molecule has 0 bridgehead atoms. The highest BCUT2D eigenvalue weighted by Gasteiger charge is 2.14. The second-order valence-corrected chi connectivity index (χ2v) is 7.63. The number of rotatable bonds is 6. The number of nitrogens with one attached hydrogen (secondary N) is 1. The number of anilines is 1. The Kier molecular flexibility index (Phi) is 6.12. The van der Waals surface area contributed by atoms with Crippen LogP contribution in [0.15, 0.2) is 52.1 Å². The molecule has 0 aliphatic rings. The summed E-state index contributed by atoms with van der Waals surface area (Å²) in [6.07, 6.45) is 0.223. The Morgan fingerprint density at radius 1 is 1.30 bits per heavy atom. The van der Waals surface area contributed by atoms with Crippen molar-refractivity contribution in [3.63, 3.8) is 0 Å². The Morgan fingerprint density at radius 3 is 2.81 bits per heavy atom. The Bertz CT molecular complexity index is 978. The van der Waals surface area contributed by atoms with Crippen LogP contribution in [0.5, 0.6) is 0 Å². The van der Waals surface area contributed by atoms with Crippen molar-refractivity contribution in [2.45, 2.75) is 18.5 Å². The first-order valence-corrected chi connectivity index (χ1v) is 9.83. The average Bonchev–Trinajstić information content (AvgIpc) is 2.98. The molecule has 0 radical (unpaired) electrons. The normalized spacial score (nSPS) is 10.8. The predicted molar refractivity (Wildman–Crippen MR) is 108 cm³/mol. The highest BCUT2D eigenvalue weighted by molar-refractivity contribution is 9.10. The van der Waals surface area contributed by atoms with Gasteiger partial charge in [-0.05, 0) is 42.3 Å². The number of carbonyl (C=O) groups excluding carboxylic acids is 1. The molecule has 0 unspecified atom stereocenters.